The van der Waals surface area contributed by atoms with Crippen LogP contribution < -0.4 is 0 Å². The molecule has 0 N–H and O–H groups in total. The first-order chi connectivity index (χ1) is 21.4. The van der Waals surface area contributed by atoms with Gasteiger partial charge in [0.25, 0.3) is 0 Å². The summed E-state index contributed by atoms with van der Waals surface area (Å²) in [5.41, 5.74) is 2.73. The van der Waals surface area contributed by atoms with Gasteiger partial charge in [-0.25, -0.2) is 15.0 Å². The number of nitrogens with zero attached hydrogens (tertiary/aromatic N) is 4. The molecule has 0 unspecified atom stereocenters. The number of imidazole rings is 1. The summed E-state index contributed by atoms with van der Waals surface area (Å²) in [6.45, 7) is 35.0. The third-order valence-corrected chi connectivity index (χ3v) is 26.7. The van der Waals surface area contributed by atoms with Crippen molar-refractivity contribution in [1.82, 2.24) is 19.5 Å². The van der Waals surface area contributed by atoms with Crippen molar-refractivity contribution >= 4 is 36.1 Å². The molecule has 0 aromatic carbocycles. The van der Waals surface area contributed by atoms with Crippen molar-refractivity contribution in [3.8, 4) is 0 Å². The molecular formula is C35H62N4O5Si3. The van der Waals surface area contributed by atoms with Crippen LogP contribution in [0.5, 0.6) is 0 Å². The van der Waals surface area contributed by atoms with Gasteiger partial charge >= 0.3 is 0 Å². The largest absolute Gasteiger partial charge is 0.414 e. The Balaban J connectivity index is 1.41. The number of ether oxygens (including phenoxy) is 2. The van der Waals surface area contributed by atoms with E-state index in [1.165, 1.54) is 6.42 Å². The highest BCUT2D eigenvalue weighted by molar-refractivity contribution is 6.75. The van der Waals surface area contributed by atoms with Crippen LogP contribution in [0.2, 0.25) is 54.4 Å². The van der Waals surface area contributed by atoms with E-state index in [0.717, 1.165) is 23.3 Å². The second-order valence-corrected chi connectivity index (χ2v) is 33.8. The van der Waals surface area contributed by atoms with E-state index < -0.39 is 31.2 Å². The smallest absolute Gasteiger partial charge is 0.192 e. The zero-order valence-corrected chi connectivity index (χ0v) is 34.8. The molecule has 4 fully saturated rings. The van der Waals surface area contributed by atoms with Crippen molar-refractivity contribution in [3.05, 3.63) is 18.3 Å². The first-order valence-corrected chi connectivity index (χ1v) is 26.6. The lowest BCUT2D eigenvalue weighted by molar-refractivity contribution is -0.0470. The van der Waals surface area contributed by atoms with E-state index in [-0.39, 0.29) is 33.4 Å². The first kappa shape index (κ1) is 35.8. The molecule has 4 aliphatic rings. The fourth-order valence-corrected chi connectivity index (χ4v) is 10.7. The summed E-state index contributed by atoms with van der Waals surface area (Å²) in [5.74, 6) is 1.55. The average Bonchev–Trinajstić information content (AvgIpc) is 3.18. The Morgan fingerprint density at radius 1 is 0.745 bits per heavy atom. The lowest BCUT2D eigenvalue weighted by atomic mass is 9.86. The second-order valence-electron chi connectivity index (χ2n) is 19.5. The van der Waals surface area contributed by atoms with Crippen LogP contribution >= 0.6 is 0 Å². The van der Waals surface area contributed by atoms with Crippen LogP contribution in [0, 0.1) is 11.8 Å². The molecule has 2 aliphatic carbocycles. The monoisotopic (exact) mass is 702 g/mol. The molecule has 12 heteroatoms. The molecule has 9 nitrogen and oxygen atoms in total. The Kier molecular flexibility index (Phi) is 8.77. The molecule has 2 aromatic rings. The SMILES string of the molecule is CC(C)(C)[Si](C)(C)OC[C@H]1O[C@@H](n2cnc3c([C@H]4C[C@@H]5C[C@H]4[C@H]4O[C@@H]54)ncnc32)[C@H](O[Si](C)(C)C(C)(C)C)[C@@H]1O[Si](C)(C)C(C)(C)C. The van der Waals surface area contributed by atoms with E-state index in [2.05, 4.69) is 106 Å². The van der Waals surface area contributed by atoms with Gasteiger partial charge in [-0.2, -0.15) is 0 Å². The van der Waals surface area contributed by atoms with Crippen molar-refractivity contribution in [3.63, 3.8) is 0 Å². The fourth-order valence-electron chi connectivity index (χ4n) is 7.12. The first-order valence-electron chi connectivity index (χ1n) is 17.9. The van der Waals surface area contributed by atoms with Gasteiger partial charge in [0, 0.05) is 5.92 Å². The highest BCUT2D eigenvalue weighted by atomic mass is 28.4. The summed E-state index contributed by atoms with van der Waals surface area (Å²) < 4.78 is 36.9. The minimum atomic E-state index is -2.28. The normalized spacial score (nSPS) is 33.2. The van der Waals surface area contributed by atoms with Gasteiger partial charge in [0.05, 0.1) is 30.8 Å². The van der Waals surface area contributed by atoms with E-state index in [1.807, 2.05) is 6.33 Å². The minimum Gasteiger partial charge on any atom is -0.414 e. The molecule has 2 saturated heterocycles. The topological polar surface area (TPSA) is 93.1 Å². The molecule has 0 amide bonds. The van der Waals surface area contributed by atoms with E-state index >= 15 is 0 Å². The van der Waals surface area contributed by atoms with Crippen LogP contribution in [-0.2, 0) is 22.8 Å². The van der Waals surface area contributed by atoms with Crippen LogP contribution in [0.3, 0.4) is 0 Å². The molecule has 264 valence electrons. The maximum absolute atomic E-state index is 7.40. The number of hydrogen-bond acceptors (Lipinski definition) is 8. The Morgan fingerprint density at radius 2 is 1.34 bits per heavy atom. The number of aromatic nitrogens is 4. The maximum Gasteiger partial charge on any atom is 0.192 e. The molecule has 0 radical (unpaired) electrons. The van der Waals surface area contributed by atoms with Gasteiger partial charge < -0.3 is 22.8 Å². The van der Waals surface area contributed by atoms with Crippen molar-refractivity contribution in [1.29, 1.82) is 0 Å². The second kappa shape index (κ2) is 11.5. The van der Waals surface area contributed by atoms with Crippen molar-refractivity contribution in [2.75, 3.05) is 6.61 Å². The average molecular weight is 703 g/mol. The van der Waals surface area contributed by atoms with Crippen molar-refractivity contribution in [2.24, 2.45) is 11.8 Å². The molecule has 2 aromatic heterocycles. The van der Waals surface area contributed by atoms with Crippen LogP contribution in [0.25, 0.3) is 11.2 Å². The number of hydrogen-bond donors (Lipinski definition) is 0. The molecule has 9 atom stereocenters. The van der Waals surface area contributed by atoms with E-state index in [9.17, 15) is 0 Å². The third kappa shape index (κ3) is 6.29. The van der Waals surface area contributed by atoms with Gasteiger partial charge in [-0.1, -0.05) is 62.3 Å². The zero-order chi connectivity index (χ0) is 34.7. The quantitative estimate of drug-likeness (QED) is 0.190. The Bertz CT molecular complexity index is 1480. The minimum absolute atomic E-state index is 0.00563. The van der Waals surface area contributed by atoms with Crippen LogP contribution in [0.15, 0.2) is 12.7 Å². The zero-order valence-electron chi connectivity index (χ0n) is 31.8. The van der Waals surface area contributed by atoms with Gasteiger partial charge in [0.15, 0.2) is 36.8 Å². The number of fused-ring (bicyclic) bond motifs is 6. The van der Waals surface area contributed by atoms with Crippen molar-refractivity contribution < 1.29 is 22.8 Å². The predicted octanol–water partition coefficient (Wildman–Crippen LogP) is 8.42. The standard InChI is InChI=1S/C35H62N4O5Si3/c1-33(2,3)45(10,11)40-18-24-29(43-46(12,13)34(4,5)6)30(44-47(14,15)35(7,8)9)32(41-24)39-20-38-26-25(36-19-37-31(26)39)22-16-21-17-23(22)28-27(21)42-28/h19-24,27-30,32H,16-18H2,1-15H3/t21-,22+,23-,24-,27+,28-,29-,30-,32-/m1/s1. The van der Waals surface area contributed by atoms with Gasteiger partial charge in [0.1, 0.15) is 30.2 Å². The van der Waals surface area contributed by atoms with E-state index in [4.69, 9.17) is 37.7 Å². The van der Waals surface area contributed by atoms with Gasteiger partial charge in [0.2, 0.25) is 0 Å². The lowest BCUT2D eigenvalue weighted by Crippen LogP contribution is -2.54. The van der Waals surface area contributed by atoms with Gasteiger partial charge in [-0.15, -0.1) is 0 Å². The molecule has 4 heterocycles. The van der Waals surface area contributed by atoms with Crippen LogP contribution in [0.1, 0.15) is 93.0 Å². The molecule has 47 heavy (non-hydrogen) atoms. The summed E-state index contributed by atoms with van der Waals surface area (Å²) in [6.07, 6.45) is 5.45. The highest BCUT2D eigenvalue weighted by Crippen LogP contribution is 2.62. The van der Waals surface area contributed by atoms with Gasteiger partial charge in [-0.3, -0.25) is 4.57 Å². The fraction of sp³-hybridized carbons (Fsp3) is 0.857. The molecule has 0 spiro atoms. The molecule has 6 rings (SSSR count). The molecule has 2 aliphatic heterocycles. The molecule has 2 bridgehead atoms. The Labute approximate surface area is 286 Å². The Morgan fingerprint density at radius 3 is 1.89 bits per heavy atom. The summed E-state index contributed by atoms with van der Waals surface area (Å²) in [5, 5.41) is 0.106. The Hall–Kier alpha value is -0.999. The predicted molar refractivity (Wildman–Crippen MR) is 194 cm³/mol. The van der Waals surface area contributed by atoms with Gasteiger partial charge in [-0.05, 0) is 79.1 Å². The van der Waals surface area contributed by atoms with Crippen molar-refractivity contribution in [2.45, 2.75) is 172 Å². The van der Waals surface area contributed by atoms with Crippen LogP contribution in [0.4, 0.5) is 0 Å². The van der Waals surface area contributed by atoms with Crippen LogP contribution in [-0.4, -0.2) is 81.6 Å². The molecule has 2 saturated carbocycles. The lowest BCUT2D eigenvalue weighted by Gasteiger charge is -2.44. The summed E-state index contributed by atoms with van der Waals surface area (Å²) in [4.78, 5) is 14.7. The highest BCUT2D eigenvalue weighted by Gasteiger charge is 2.64. The maximum atomic E-state index is 7.40. The van der Waals surface area contributed by atoms with E-state index in [0.29, 0.717) is 36.6 Å². The summed E-state index contributed by atoms with van der Waals surface area (Å²) >= 11 is 0. The molecular weight excluding hydrogens is 641 g/mol. The summed E-state index contributed by atoms with van der Waals surface area (Å²) in [7, 11) is -6.58. The number of rotatable bonds is 9. The summed E-state index contributed by atoms with van der Waals surface area (Å²) in [6, 6.07) is 0. The number of epoxide rings is 1. The van der Waals surface area contributed by atoms with E-state index in [1.54, 1.807) is 6.33 Å². The third-order valence-electron chi connectivity index (χ3n) is 13.3.